The summed E-state index contributed by atoms with van der Waals surface area (Å²) in [5.74, 6) is 0.197. The first-order valence-electron chi connectivity index (χ1n) is 16.0. The summed E-state index contributed by atoms with van der Waals surface area (Å²) in [6.07, 6.45) is 5.02. The molecule has 0 saturated carbocycles. The van der Waals surface area contributed by atoms with Gasteiger partial charge < -0.3 is 20.7 Å². The zero-order chi connectivity index (χ0) is 34.0. The van der Waals surface area contributed by atoms with E-state index < -0.39 is 17.1 Å². The van der Waals surface area contributed by atoms with E-state index in [1.165, 1.54) is 28.0 Å². The Labute approximate surface area is 289 Å². The molecule has 3 amide bonds. The number of ether oxygens (including phenoxy) is 1. The van der Waals surface area contributed by atoms with E-state index in [1.807, 2.05) is 44.2 Å². The minimum absolute atomic E-state index is 0.0678. The quantitative estimate of drug-likeness (QED) is 0.103. The number of thiophene rings is 1. The van der Waals surface area contributed by atoms with Gasteiger partial charge in [0.2, 0.25) is 5.91 Å². The Morgan fingerprint density at radius 3 is 2.52 bits per heavy atom. The zero-order valence-electron chi connectivity index (χ0n) is 27.2. The number of amides is 3. The smallest absolute Gasteiger partial charge is 0.272 e. The number of thioether (sulfide) groups is 1. The van der Waals surface area contributed by atoms with Crippen molar-refractivity contribution >= 4 is 57.6 Å². The molecule has 0 fully saturated rings. The lowest BCUT2D eigenvalue weighted by Crippen LogP contribution is -2.30. The first-order valence-corrected chi connectivity index (χ1v) is 17.7. The molecule has 0 saturated heterocycles. The third-order valence-electron chi connectivity index (χ3n) is 7.92. The van der Waals surface area contributed by atoms with Crippen molar-refractivity contribution in [2.45, 2.75) is 56.6 Å². The Balaban J connectivity index is 1.30. The fourth-order valence-electron chi connectivity index (χ4n) is 5.42. The number of nitrogens with one attached hydrogen (secondary N) is 3. The highest BCUT2D eigenvalue weighted by Gasteiger charge is 2.27. The molecule has 2 unspecified atom stereocenters. The van der Waals surface area contributed by atoms with Gasteiger partial charge in [0.15, 0.2) is 0 Å². The van der Waals surface area contributed by atoms with Gasteiger partial charge in [-0.1, -0.05) is 50.2 Å². The molecule has 1 aromatic heterocycles. The lowest BCUT2D eigenvalue weighted by molar-refractivity contribution is -0.116. The molecular weight excluding hydrogens is 641 g/mol. The molecule has 1 heterocycles. The number of rotatable bonds is 12. The first kappa shape index (κ1) is 34.5. The van der Waals surface area contributed by atoms with Crippen LogP contribution in [0.1, 0.15) is 65.5 Å². The highest BCUT2D eigenvalue weighted by Crippen LogP contribution is 2.40. The van der Waals surface area contributed by atoms with Crippen LogP contribution in [0.5, 0.6) is 5.75 Å². The van der Waals surface area contributed by atoms with Crippen LogP contribution in [0.4, 0.5) is 10.7 Å². The average molecular weight is 679 g/mol. The molecule has 2 atom stereocenters. The predicted octanol–water partition coefficient (Wildman–Crippen LogP) is 8.06. The number of benzene rings is 3. The van der Waals surface area contributed by atoms with Gasteiger partial charge >= 0.3 is 0 Å². The van der Waals surface area contributed by atoms with Crippen LogP contribution in [0.3, 0.4) is 0 Å². The summed E-state index contributed by atoms with van der Waals surface area (Å²) in [6.45, 7) is 6.60. The number of nitriles is 1. The second-order valence-electron chi connectivity index (χ2n) is 11.5. The van der Waals surface area contributed by atoms with Crippen molar-refractivity contribution in [1.29, 1.82) is 5.26 Å². The maximum atomic E-state index is 13.6. The maximum Gasteiger partial charge on any atom is 0.272 e. The van der Waals surface area contributed by atoms with Crippen molar-refractivity contribution in [2.24, 2.45) is 5.92 Å². The van der Waals surface area contributed by atoms with E-state index in [0.29, 0.717) is 52.1 Å². The van der Waals surface area contributed by atoms with Crippen molar-refractivity contribution < 1.29 is 19.1 Å². The topological polar surface area (TPSA) is 120 Å². The van der Waals surface area contributed by atoms with Crippen LogP contribution in [-0.2, 0) is 22.4 Å². The third kappa shape index (κ3) is 8.73. The molecule has 8 nitrogen and oxygen atoms in total. The number of hydrogen-bond donors (Lipinski definition) is 3. The van der Waals surface area contributed by atoms with Crippen LogP contribution in [0.15, 0.2) is 89.5 Å². The van der Waals surface area contributed by atoms with Gasteiger partial charge in [-0.2, -0.15) is 5.26 Å². The summed E-state index contributed by atoms with van der Waals surface area (Å²) < 4.78 is 5.53. The molecule has 246 valence electrons. The van der Waals surface area contributed by atoms with Crippen LogP contribution in [0.25, 0.3) is 6.08 Å². The molecule has 10 heteroatoms. The molecule has 3 N–H and O–H groups in total. The van der Waals surface area contributed by atoms with E-state index in [-0.39, 0.29) is 11.6 Å². The average Bonchev–Trinajstić information content (AvgIpc) is 3.43. The molecule has 0 radical (unpaired) electrons. The Morgan fingerprint density at radius 2 is 1.81 bits per heavy atom. The Bertz CT molecular complexity index is 1840. The highest BCUT2D eigenvalue weighted by molar-refractivity contribution is 8.00. The van der Waals surface area contributed by atoms with E-state index in [4.69, 9.17) is 4.74 Å². The summed E-state index contributed by atoms with van der Waals surface area (Å²) >= 11 is 2.91. The number of carbonyl (C=O) groups excluding carboxylic acids is 3. The number of fused-ring (bicyclic) bond motifs is 1. The fraction of sp³-hybridized carbons (Fsp3) is 0.263. The molecule has 0 spiro atoms. The van der Waals surface area contributed by atoms with Crippen molar-refractivity contribution in [3.8, 4) is 11.8 Å². The second kappa shape index (κ2) is 16.3. The van der Waals surface area contributed by atoms with Gasteiger partial charge in [0.25, 0.3) is 11.8 Å². The van der Waals surface area contributed by atoms with E-state index in [9.17, 15) is 19.6 Å². The van der Waals surface area contributed by atoms with Crippen molar-refractivity contribution in [1.82, 2.24) is 5.32 Å². The van der Waals surface area contributed by atoms with Crippen LogP contribution in [-0.4, -0.2) is 29.6 Å². The van der Waals surface area contributed by atoms with Gasteiger partial charge in [-0.3, -0.25) is 14.4 Å². The first-order chi connectivity index (χ1) is 23.3. The lowest BCUT2D eigenvalue weighted by atomic mass is 9.88. The fourth-order valence-corrected chi connectivity index (χ4v) is 7.80. The van der Waals surface area contributed by atoms with Gasteiger partial charge in [0.1, 0.15) is 22.5 Å². The number of anilines is 2. The molecule has 48 heavy (non-hydrogen) atoms. The zero-order valence-corrected chi connectivity index (χ0v) is 28.8. The molecule has 0 bridgehead atoms. The van der Waals surface area contributed by atoms with Gasteiger partial charge in [0.05, 0.1) is 17.4 Å². The molecule has 5 rings (SSSR count). The summed E-state index contributed by atoms with van der Waals surface area (Å²) in [7, 11) is 0. The standard InChI is InChI=1S/C38H38N4O4S2/c1-4-33(37(45)42-38-31(23-39)30-19-14-24(3)20-34(30)48-38)47-29-13-9-12-27(22-29)40-36(44)32(41-35(43)26-10-7-6-8-11-26)21-25-15-17-28(18-16-25)46-5-2/h6-13,15-18,21-22,24,33H,4-5,14,19-20H2,1-3H3,(H,40,44)(H,41,43)(H,42,45)/b32-21+. The number of hydrogen-bond acceptors (Lipinski definition) is 7. The minimum Gasteiger partial charge on any atom is -0.494 e. The van der Waals surface area contributed by atoms with Crippen molar-refractivity contribution in [3.05, 3.63) is 112 Å². The summed E-state index contributed by atoms with van der Waals surface area (Å²) in [5.41, 5.74) is 3.38. The van der Waals surface area contributed by atoms with E-state index in [2.05, 4.69) is 28.9 Å². The molecule has 1 aliphatic carbocycles. The Morgan fingerprint density at radius 1 is 1.04 bits per heavy atom. The summed E-state index contributed by atoms with van der Waals surface area (Å²) in [4.78, 5) is 42.1. The van der Waals surface area contributed by atoms with Crippen LogP contribution in [0.2, 0.25) is 0 Å². The molecule has 1 aliphatic rings. The Hall–Kier alpha value is -4.85. The second-order valence-corrected chi connectivity index (χ2v) is 13.9. The summed E-state index contributed by atoms with van der Waals surface area (Å²) in [6, 6.07) is 25.5. The van der Waals surface area contributed by atoms with Gasteiger partial charge in [-0.05, 0) is 98.2 Å². The monoisotopic (exact) mass is 678 g/mol. The third-order valence-corrected chi connectivity index (χ3v) is 10.5. The van der Waals surface area contributed by atoms with Crippen molar-refractivity contribution in [3.63, 3.8) is 0 Å². The van der Waals surface area contributed by atoms with E-state index in [1.54, 1.807) is 54.6 Å². The molecular formula is C38H38N4O4S2. The van der Waals surface area contributed by atoms with Gasteiger partial charge in [-0.25, -0.2) is 0 Å². The largest absolute Gasteiger partial charge is 0.494 e. The number of carbonyl (C=O) groups is 3. The van der Waals surface area contributed by atoms with Crippen LogP contribution < -0.4 is 20.7 Å². The van der Waals surface area contributed by atoms with Crippen LogP contribution >= 0.6 is 23.1 Å². The lowest BCUT2D eigenvalue weighted by Gasteiger charge is -2.17. The minimum atomic E-state index is -0.500. The predicted molar refractivity (Wildman–Crippen MR) is 193 cm³/mol. The maximum absolute atomic E-state index is 13.6. The van der Waals surface area contributed by atoms with Crippen molar-refractivity contribution in [2.75, 3.05) is 17.2 Å². The SMILES string of the molecule is CCOc1ccc(/C=C(/NC(=O)c2ccccc2)C(=O)Nc2cccc(SC(CC)C(=O)Nc3sc4c(c3C#N)CCC(C)C4)c2)cc1. The summed E-state index contributed by atoms with van der Waals surface area (Å²) in [5, 5.41) is 18.8. The molecule has 3 aromatic carbocycles. The highest BCUT2D eigenvalue weighted by atomic mass is 32.2. The van der Waals surface area contributed by atoms with Gasteiger partial charge in [0, 0.05) is 21.0 Å². The Kier molecular flexibility index (Phi) is 11.7. The molecule has 0 aliphatic heterocycles. The van der Waals surface area contributed by atoms with E-state index in [0.717, 1.165) is 29.7 Å². The normalized spacial score (nSPS) is 14.6. The van der Waals surface area contributed by atoms with Crippen LogP contribution in [0, 0.1) is 17.2 Å². The number of nitrogens with zero attached hydrogens (tertiary/aromatic N) is 1. The molecule has 4 aromatic rings. The van der Waals surface area contributed by atoms with E-state index >= 15 is 0 Å². The van der Waals surface area contributed by atoms with Gasteiger partial charge in [-0.15, -0.1) is 23.1 Å².